The second kappa shape index (κ2) is 6.83. The molecule has 32 heavy (non-hydrogen) atoms. The minimum atomic E-state index is -0.409. The summed E-state index contributed by atoms with van der Waals surface area (Å²) in [6.07, 6.45) is 4.42. The predicted molar refractivity (Wildman–Crippen MR) is 113 cm³/mol. The first-order chi connectivity index (χ1) is 15.3. The van der Waals surface area contributed by atoms with E-state index in [2.05, 4.69) is 4.98 Å². The van der Waals surface area contributed by atoms with Gasteiger partial charge in [0, 0.05) is 13.1 Å². The summed E-state index contributed by atoms with van der Waals surface area (Å²) in [6.45, 7) is 0.874. The van der Waals surface area contributed by atoms with Crippen LogP contribution in [0.3, 0.4) is 0 Å². The molecule has 4 bridgehead atoms. The molecule has 0 spiro atoms. The smallest absolute Gasteiger partial charge is 0.410 e. The van der Waals surface area contributed by atoms with Gasteiger partial charge in [-0.3, -0.25) is 9.36 Å². The van der Waals surface area contributed by atoms with Crippen molar-refractivity contribution in [2.45, 2.75) is 50.7 Å². The Morgan fingerprint density at radius 1 is 1.19 bits per heavy atom. The number of benzene rings is 1. The molecular formula is C23H27FN4O4. The lowest BCUT2D eigenvalue weighted by atomic mass is 9.48. The van der Waals surface area contributed by atoms with Gasteiger partial charge in [-0.25, -0.2) is 14.0 Å². The van der Waals surface area contributed by atoms with Crippen LogP contribution in [0.5, 0.6) is 0 Å². The molecule has 1 aromatic carbocycles. The minimum absolute atomic E-state index is 0.163. The van der Waals surface area contributed by atoms with Crippen molar-refractivity contribution < 1.29 is 18.7 Å². The molecule has 170 valence electrons. The Morgan fingerprint density at radius 3 is 2.66 bits per heavy atom. The van der Waals surface area contributed by atoms with Gasteiger partial charge in [-0.05, 0) is 74.5 Å². The molecule has 6 atom stereocenters. The van der Waals surface area contributed by atoms with Gasteiger partial charge in [-0.1, -0.05) is 0 Å². The molecule has 3 N–H and O–H groups in total. The molecule has 2 aromatic rings. The maximum absolute atomic E-state index is 13.5. The fraction of sp³-hybridized carbons (Fsp3) is 0.609. The van der Waals surface area contributed by atoms with E-state index >= 15 is 0 Å². The summed E-state index contributed by atoms with van der Waals surface area (Å²) in [6, 6.07) is 4.04. The number of nitrogens with zero attached hydrogens (tertiary/aromatic N) is 2. The van der Waals surface area contributed by atoms with Gasteiger partial charge in [0.05, 0.1) is 22.5 Å². The number of rotatable bonds is 3. The number of nitrogens with one attached hydrogen (secondary N) is 1. The van der Waals surface area contributed by atoms with Crippen molar-refractivity contribution in [3.8, 4) is 0 Å². The molecule has 0 radical (unpaired) electrons. The minimum Gasteiger partial charge on any atom is -0.446 e. The van der Waals surface area contributed by atoms with Crippen LogP contribution in [-0.4, -0.2) is 45.6 Å². The largest absolute Gasteiger partial charge is 0.446 e. The number of H-pyrrole nitrogens is 1. The number of primary amides is 1. The normalized spacial score (nSPS) is 35.5. The third kappa shape index (κ3) is 2.89. The number of hydrogen-bond donors (Lipinski definition) is 2. The van der Waals surface area contributed by atoms with Crippen molar-refractivity contribution in [3.63, 3.8) is 0 Å². The van der Waals surface area contributed by atoms with E-state index in [-0.39, 0.29) is 41.7 Å². The second-order valence-electron chi connectivity index (χ2n) is 10.3. The van der Waals surface area contributed by atoms with Crippen LogP contribution in [-0.2, 0) is 9.53 Å². The number of carbonyl (C=O) groups excluding carboxylic acids is 2. The van der Waals surface area contributed by atoms with E-state index in [1.54, 1.807) is 15.5 Å². The zero-order valence-corrected chi connectivity index (χ0v) is 17.8. The third-order valence-corrected chi connectivity index (χ3v) is 8.41. The highest BCUT2D eigenvalue weighted by atomic mass is 19.1. The number of aromatic amines is 1. The Bertz CT molecular complexity index is 1160. The number of likely N-dealkylation sites (tertiary alicyclic amines) is 1. The number of hydrogen-bond acceptors (Lipinski definition) is 4. The van der Waals surface area contributed by atoms with Gasteiger partial charge in [0.15, 0.2) is 0 Å². The van der Waals surface area contributed by atoms with Crippen molar-refractivity contribution in [1.82, 2.24) is 14.5 Å². The Balaban J connectivity index is 1.16. The highest BCUT2D eigenvalue weighted by Crippen LogP contribution is 2.60. The number of halogens is 1. The Labute approximate surface area is 183 Å². The number of carbonyl (C=O) groups is 2. The standard InChI is InChI=1S/C23H27FN4O4/c24-15-1-2-18-17(7-15)26-21(30)28(18)16-3-4-27(11-16)22(31)32-19-13-5-12-6-14(19)10-23(8-12,9-13)20(25)29/h1-2,7,12-14,16,19H,3-6,8-11H2,(H2,25,29)(H,26,30)/t12?,13-,14?,16-,19?,23?/m0/s1. The van der Waals surface area contributed by atoms with Gasteiger partial charge in [0.1, 0.15) is 11.9 Å². The van der Waals surface area contributed by atoms with E-state index in [0.29, 0.717) is 36.5 Å². The van der Waals surface area contributed by atoms with Crippen molar-refractivity contribution >= 4 is 23.0 Å². The van der Waals surface area contributed by atoms with Gasteiger partial charge < -0.3 is 20.4 Å². The van der Waals surface area contributed by atoms with Gasteiger partial charge in [-0.2, -0.15) is 0 Å². The summed E-state index contributed by atoms with van der Waals surface area (Å²) in [5.41, 5.74) is 6.13. The highest BCUT2D eigenvalue weighted by Gasteiger charge is 2.59. The van der Waals surface area contributed by atoms with Crippen LogP contribution < -0.4 is 11.4 Å². The molecule has 5 fully saturated rings. The van der Waals surface area contributed by atoms with E-state index in [4.69, 9.17) is 10.5 Å². The van der Waals surface area contributed by atoms with Gasteiger partial charge in [0.2, 0.25) is 5.91 Å². The van der Waals surface area contributed by atoms with Crippen molar-refractivity contribution in [3.05, 3.63) is 34.5 Å². The number of ether oxygens (including phenoxy) is 1. The van der Waals surface area contributed by atoms with Crippen molar-refractivity contribution in [2.75, 3.05) is 13.1 Å². The Morgan fingerprint density at radius 2 is 1.94 bits per heavy atom. The fourth-order valence-corrected chi connectivity index (χ4v) is 7.25. The summed E-state index contributed by atoms with van der Waals surface area (Å²) < 4.78 is 21.1. The molecule has 2 amide bonds. The molecule has 1 aromatic heterocycles. The third-order valence-electron chi connectivity index (χ3n) is 8.41. The molecule has 4 aliphatic carbocycles. The molecule has 4 saturated carbocycles. The number of amides is 2. The maximum atomic E-state index is 13.5. The van der Waals surface area contributed by atoms with Gasteiger partial charge in [0.25, 0.3) is 0 Å². The van der Waals surface area contributed by atoms with Crippen LogP contribution >= 0.6 is 0 Å². The molecule has 8 nitrogen and oxygen atoms in total. The summed E-state index contributed by atoms with van der Waals surface area (Å²) in [5.74, 6) is 0.290. The lowest BCUT2D eigenvalue weighted by Gasteiger charge is -2.58. The number of imidazole rings is 1. The Hall–Kier alpha value is -2.84. The molecule has 1 saturated heterocycles. The molecule has 2 heterocycles. The van der Waals surface area contributed by atoms with E-state index in [9.17, 15) is 18.8 Å². The average molecular weight is 442 g/mol. The van der Waals surface area contributed by atoms with E-state index in [1.165, 1.54) is 12.1 Å². The number of aromatic nitrogens is 2. The topological polar surface area (TPSA) is 110 Å². The van der Waals surface area contributed by atoms with Crippen molar-refractivity contribution in [1.29, 1.82) is 0 Å². The Kier molecular flexibility index (Phi) is 4.23. The lowest BCUT2D eigenvalue weighted by molar-refractivity contribution is -0.161. The monoisotopic (exact) mass is 442 g/mol. The van der Waals surface area contributed by atoms with E-state index in [0.717, 1.165) is 32.1 Å². The summed E-state index contributed by atoms with van der Waals surface area (Å²) >= 11 is 0. The summed E-state index contributed by atoms with van der Waals surface area (Å²) in [4.78, 5) is 42.0. The first kappa shape index (κ1) is 19.8. The molecule has 9 heteroatoms. The summed E-state index contributed by atoms with van der Waals surface area (Å²) in [5, 5.41) is 0. The van der Waals surface area contributed by atoms with Crippen LogP contribution in [0.2, 0.25) is 0 Å². The zero-order chi connectivity index (χ0) is 22.2. The SMILES string of the molecule is NC(=O)C12CC3CC(C1)C(OC(=O)N1CC[C@H](n4c(=O)[nH]c5cc(F)ccc54)C1)[C@@H](C3)C2. The fourth-order valence-electron chi connectivity index (χ4n) is 7.25. The first-order valence-electron chi connectivity index (χ1n) is 11.5. The van der Waals surface area contributed by atoms with Crippen molar-refractivity contribution in [2.24, 2.45) is 28.9 Å². The molecule has 1 aliphatic heterocycles. The number of nitrogens with two attached hydrogens (primary N) is 1. The van der Waals surface area contributed by atoms with E-state index < -0.39 is 11.2 Å². The lowest BCUT2D eigenvalue weighted by Crippen LogP contribution is -2.59. The molecule has 4 unspecified atom stereocenters. The summed E-state index contributed by atoms with van der Waals surface area (Å²) in [7, 11) is 0. The molecular weight excluding hydrogens is 415 g/mol. The van der Waals surface area contributed by atoms with Gasteiger partial charge in [-0.15, -0.1) is 0 Å². The van der Waals surface area contributed by atoms with Gasteiger partial charge >= 0.3 is 11.8 Å². The first-order valence-corrected chi connectivity index (χ1v) is 11.5. The second-order valence-corrected chi connectivity index (χ2v) is 10.3. The van der Waals surface area contributed by atoms with Crippen LogP contribution in [0, 0.1) is 29.0 Å². The highest BCUT2D eigenvalue weighted by molar-refractivity contribution is 5.81. The van der Waals surface area contributed by atoms with Crippen LogP contribution in [0.25, 0.3) is 11.0 Å². The van der Waals surface area contributed by atoms with E-state index in [1.807, 2.05) is 0 Å². The predicted octanol–water partition coefficient (Wildman–Crippen LogP) is 2.53. The average Bonchev–Trinajstić information content (AvgIpc) is 3.33. The van der Waals surface area contributed by atoms with Crippen LogP contribution in [0.15, 0.2) is 23.0 Å². The quantitative estimate of drug-likeness (QED) is 0.761. The zero-order valence-electron chi connectivity index (χ0n) is 17.8. The van der Waals surface area contributed by atoms with Crippen LogP contribution in [0.1, 0.15) is 44.6 Å². The maximum Gasteiger partial charge on any atom is 0.410 e. The molecule has 7 rings (SSSR count). The number of fused-ring (bicyclic) bond motifs is 1. The molecule has 5 aliphatic rings. The van der Waals surface area contributed by atoms with Crippen LogP contribution in [0.4, 0.5) is 9.18 Å².